The summed E-state index contributed by atoms with van der Waals surface area (Å²) in [5.41, 5.74) is 1.69. The minimum absolute atomic E-state index is 0.199. The molecule has 1 aromatic carbocycles. The Morgan fingerprint density at radius 1 is 1.16 bits per heavy atom. The van der Waals surface area contributed by atoms with Crippen LogP contribution in [0.25, 0.3) is 0 Å². The van der Waals surface area contributed by atoms with Crippen molar-refractivity contribution in [3.05, 3.63) is 47.0 Å². The first-order valence-electron chi connectivity index (χ1n) is 10.2. The molecule has 1 aliphatic carbocycles. The maximum atomic E-state index is 13.4. The fourth-order valence-electron chi connectivity index (χ4n) is 3.97. The van der Waals surface area contributed by atoms with Gasteiger partial charge in [-0.1, -0.05) is 24.4 Å². The maximum Gasteiger partial charge on any atom is 0.511 e. The summed E-state index contributed by atoms with van der Waals surface area (Å²) in [7, 11) is -5.52. The molecule has 32 heavy (non-hydrogen) atoms. The zero-order valence-electron chi connectivity index (χ0n) is 17.1. The Morgan fingerprint density at radius 3 is 2.47 bits per heavy atom. The summed E-state index contributed by atoms with van der Waals surface area (Å²) in [6, 6.07) is 4.37. The molecule has 1 unspecified atom stereocenters. The van der Waals surface area contributed by atoms with Crippen LogP contribution in [-0.4, -0.2) is 40.8 Å². The number of alkyl halides is 3. The van der Waals surface area contributed by atoms with Gasteiger partial charge in [0.05, 0.1) is 24.6 Å². The number of nitrogen functional groups attached to an aromatic ring is 1. The van der Waals surface area contributed by atoms with E-state index in [0.717, 1.165) is 19.3 Å². The van der Waals surface area contributed by atoms with Crippen molar-refractivity contribution < 1.29 is 21.6 Å². The highest BCUT2D eigenvalue weighted by Gasteiger charge is 2.51. The molecule has 1 aliphatic heterocycles. The molecule has 4 rings (SSSR count). The van der Waals surface area contributed by atoms with E-state index in [1.165, 1.54) is 18.5 Å². The van der Waals surface area contributed by atoms with Crippen molar-refractivity contribution in [2.75, 3.05) is 17.2 Å². The lowest BCUT2D eigenvalue weighted by Crippen LogP contribution is -2.47. The Bertz CT molecular complexity index is 1080. The number of hydrogen-bond acceptors (Lipinski definition) is 6. The van der Waals surface area contributed by atoms with Gasteiger partial charge in [0.25, 0.3) is 0 Å². The quantitative estimate of drug-likeness (QED) is 0.660. The van der Waals surface area contributed by atoms with Gasteiger partial charge in [0.2, 0.25) is 0 Å². The average Bonchev–Trinajstić information content (AvgIpc) is 3.54. The number of anilines is 2. The first-order valence-corrected chi connectivity index (χ1v) is 12.0. The lowest BCUT2D eigenvalue weighted by Gasteiger charge is -2.34. The number of benzene rings is 1. The Balaban J connectivity index is 1.76. The predicted octanol–water partition coefficient (Wildman–Crippen LogP) is 3.94. The second-order valence-electron chi connectivity index (χ2n) is 8.25. The minimum Gasteiger partial charge on any atom is -0.396 e. The second-order valence-corrected chi connectivity index (χ2v) is 10.6. The number of sulfonamides is 1. The van der Waals surface area contributed by atoms with Gasteiger partial charge in [0.1, 0.15) is 5.82 Å². The molecule has 1 aromatic heterocycles. The van der Waals surface area contributed by atoms with E-state index < -0.39 is 28.1 Å². The van der Waals surface area contributed by atoms with Crippen molar-refractivity contribution in [1.82, 2.24) is 14.3 Å². The number of halogens is 4. The molecule has 1 fully saturated rings. The summed E-state index contributed by atoms with van der Waals surface area (Å²) in [5.74, 6) is 0.967. The van der Waals surface area contributed by atoms with E-state index in [0.29, 0.717) is 44.4 Å². The fraction of sp³-hybridized carbons (Fsp3) is 0.500. The summed E-state index contributed by atoms with van der Waals surface area (Å²) in [4.78, 5) is 10.3. The summed E-state index contributed by atoms with van der Waals surface area (Å²) < 4.78 is 65.6. The summed E-state index contributed by atoms with van der Waals surface area (Å²) >= 11 is 6.11. The topological polar surface area (TPSA) is 92.4 Å². The van der Waals surface area contributed by atoms with Crippen LogP contribution in [0.4, 0.5) is 24.5 Å². The molecule has 0 spiro atoms. The third-order valence-electron chi connectivity index (χ3n) is 5.83. The number of fused-ring (bicyclic) bond motifs is 1. The van der Waals surface area contributed by atoms with Gasteiger partial charge in [-0.25, -0.2) is 18.4 Å². The Hall–Kier alpha value is -2.11. The van der Waals surface area contributed by atoms with E-state index in [-0.39, 0.29) is 13.1 Å². The third-order valence-corrected chi connectivity index (χ3v) is 7.61. The Morgan fingerprint density at radius 2 is 1.84 bits per heavy atom. The van der Waals surface area contributed by atoms with E-state index in [9.17, 15) is 21.6 Å². The molecular weight excluding hydrogens is 467 g/mol. The molecular formula is C20H23ClF3N5O2S. The van der Waals surface area contributed by atoms with Crippen LogP contribution in [0.5, 0.6) is 0 Å². The average molecular weight is 490 g/mol. The molecule has 0 saturated heterocycles. The van der Waals surface area contributed by atoms with Crippen LogP contribution in [0.2, 0.25) is 5.02 Å². The van der Waals surface area contributed by atoms with E-state index in [4.69, 9.17) is 17.3 Å². The molecule has 7 nitrogen and oxygen atoms in total. The van der Waals surface area contributed by atoms with Gasteiger partial charge >= 0.3 is 15.5 Å². The molecule has 2 aliphatic rings. The molecule has 1 atom stereocenters. The zero-order valence-corrected chi connectivity index (χ0v) is 18.7. The molecule has 2 aromatic rings. The number of rotatable bonds is 6. The number of nitrogens with zero attached hydrogens (tertiary/aromatic N) is 4. The molecule has 2 N–H and O–H groups in total. The highest BCUT2D eigenvalue weighted by atomic mass is 35.5. The lowest BCUT2D eigenvalue weighted by atomic mass is 10.1. The first kappa shape index (κ1) is 23.1. The zero-order chi connectivity index (χ0) is 23.1. The van der Waals surface area contributed by atoms with Crippen molar-refractivity contribution in [3.8, 4) is 0 Å². The monoisotopic (exact) mass is 489 g/mol. The predicted molar refractivity (Wildman–Crippen MR) is 115 cm³/mol. The summed E-state index contributed by atoms with van der Waals surface area (Å²) in [5, 5.41) is 0.313. The highest BCUT2D eigenvalue weighted by molar-refractivity contribution is 7.89. The number of nitrogens with two attached hydrogens (primary N) is 1. The van der Waals surface area contributed by atoms with Crippen molar-refractivity contribution in [3.63, 3.8) is 0 Å². The van der Waals surface area contributed by atoms with Crippen molar-refractivity contribution >= 4 is 33.0 Å². The summed E-state index contributed by atoms with van der Waals surface area (Å²) in [6.07, 6.45) is 6.46. The standard InChI is InChI=1S/C20H23ClF3N5O2S/c21-15-4-6-18-14(7-15)10-28(32(30,31)20(22,23)24)11-17(5-3-13-1-2-13)29(18)12-19-26-8-16(25)9-27-19/h4,6-9,13,17H,1-3,5,10-12,25H2. The second kappa shape index (κ2) is 8.68. The van der Waals surface area contributed by atoms with Gasteiger partial charge in [-0.15, -0.1) is 0 Å². The van der Waals surface area contributed by atoms with E-state index >= 15 is 0 Å². The molecule has 0 amide bonds. The number of aromatic nitrogens is 2. The first-order chi connectivity index (χ1) is 15.0. The largest absolute Gasteiger partial charge is 0.511 e. The molecule has 174 valence electrons. The van der Waals surface area contributed by atoms with Gasteiger partial charge in [0.15, 0.2) is 0 Å². The molecule has 0 bridgehead atoms. The lowest BCUT2D eigenvalue weighted by molar-refractivity contribution is -0.0492. The highest BCUT2D eigenvalue weighted by Crippen LogP contribution is 2.39. The van der Waals surface area contributed by atoms with Crippen molar-refractivity contribution in [2.45, 2.75) is 50.3 Å². The van der Waals surface area contributed by atoms with E-state index in [1.807, 2.05) is 4.90 Å². The minimum atomic E-state index is -5.52. The van der Waals surface area contributed by atoms with Crippen LogP contribution in [0.3, 0.4) is 0 Å². The fourth-order valence-corrected chi connectivity index (χ4v) is 5.13. The maximum absolute atomic E-state index is 13.4. The molecule has 0 radical (unpaired) electrons. The van der Waals surface area contributed by atoms with Gasteiger partial charge in [0, 0.05) is 29.8 Å². The van der Waals surface area contributed by atoms with E-state index in [2.05, 4.69) is 9.97 Å². The Labute approximate surface area is 189 Å². The van der Waals surface area contributed by atoms with Crippen LogP contribution in [-0.2, 0) is 23.1 Å². The van der Waals surface area contributed by atoms with Gasteiger partial charge in [-0.2, -0.15) is 17.5 Å². The smallest absolute Gasteiger partial charge is 0.396 e. The van der Waals surface area contributed by atoms with Gasteiger partial charge in [-0.05, 0) is 42.5 Å². The van der Waals surface area contributed by atoms with Crippen molar-refractivity contribution in [1.29, 1.82) is 0 Å². The SMILES string of the molecule is Nc1cnc(CN2c3ccc(Cl)cc3CN(S(=O)(=O)C(F)(F)F)CC2CCC2CC2)nc1. The van der Waals surface area contributed by atoms with Crippen LogP contribution in [0.15, 0.2) is 30.6 Å². The van der Waals surface area contributed by atoms with Gasteiger partial charge in [-0.3, -0.25) is 0 Å². The Kier molecular flexibility index (Phi) is 6.25. The van der Waals surface area contributed by atoms with Crippen LogP contribution in [0, 0.1) is 5.92 Å². The van der Waals surface area contributed by atoms with Crippen LogP contribution in [0.1, 0.15) is 37.1 Å². The van der Waals surface area contributed by atoms with Crippen molar-refractivity contribution in [2.24, 2.45) is 5.92 Å². The normalized spacial score (nSPS) is 20.1. The molecule has 1 saturated carbocycles. The number of hydrogen-bond donors (Lipinski definition) is 1. The van der Waals surface area contributed by atoms with Crippen LogP contribution < -0.4 is 10.6 Å². The molecule has 12 heteroatoms. The summed E-state index contributed by atoms with van der Waals surface area (Å²) in [6.45, 7) is -0.517. The van der Waals surface area contributed by atoms with E-state index in [1.54, 1.807) is 12.1 Å². The van der Waals surface area contributed by atoms with Crippen LogP contribution >= 0.6 is 11.6 Å². The van der Waals surface area contributed by atoms with Gasteiger partial charge < -0.3 is 10.6 Å². The molecule has 2 heterocycles. The third kappa shape index (κ3) is 4.94.